The largest absolute Gasteiger partial charge is 0.492 e. The molecule has 3 rings (SSSR count). The van der Waals surface area contributed by atoms with Crippen molar-refractivity contribution in [2.75, 3.05) is 13.2 Å². The molecule has 0 N–H and O–H groups in total. The molecule has 4 heteroatoms. The molecular formula is C39H45IO2Si. The first-order valence-electron chi connectivity index (χ1n) is 15.6. The van der Waals surface area contributed by atoms with E-state index in [1.165, 1.54) is 29.3 Å². The zero-order valence-electron chi connectivity index (χ0n) is 26.5. The van der Waals surface area contributed by atoms with Gasteiger partial charge in [-0.25, -0.2) is 0 Å². The van der Waals surface area contributed by atoms with E-state index < -0.39 is 8.07 Å². The van der Waals surface area contributed by atoms with Crippen molar-refractivity contribution in [3.05, 3.63) is 92.1 Å². The Morgan fingerprint density at radius 2 is 0.977 bits per heavy atom. The summed E-state index contributed by atoms with van der Waals surface area (Å²) in [5.74, 6) is 18.2. The number of hydrogen-bond donors (Lipinski definition) is 0. The van der Waals surface area contributed by atoms with Crippen molar-refractivity contribution in [1.29, 1.82) is 0 Å². The van der Waals surface area contributed by atoms with Crippen molar-refractivity contribution in [2.24, 2.45) is 0 Å². The summed E-state index contributed by atoms with van der Waals surface area (Å²) in [6.07, 6.45) is 9.16. The fourth-order valence-electron chi connectivity index (χ4n) is 4.12. The van der Waals surface area contributed by atoms with Crippen molar-refractivity contribution in [1.82, 2.24) is 0 Å². The lowest BCUT2D eigenvalue weighted by Gasteiger charge is -2.14. The highest BCUT2D eigenvalue weighted by atomic mass is 127. The summed E-state index contributed by atoms with van der Waals surface area (Å²) in [5, 5.41) is 0. The van der Waals surface area contributed by atoms with Crippen molar-refractivity contribution in [3.63, 3.8) is 0 Å². The minimum atomic E-state index is -1.42. The fraction of sp³-hybridized carbons (Fsp3) is 0.385. The molecule has 3 aromatic carbocycles. The maximum absolute atomic E-state index is 6.33. The smallest absolute Gasteiger partial charge is 0.136 e. The lowest BCUT2D eigenvalue weighted by Crippen LogP contribution is -2.16. The molecule has 3 aromatic rings. The summed E-state index contributed by atoms with van der Waals surface area (Å²) in [6, 6.07) is 20.5. The molecule has 0 aliphatic heterocycles. The van der Waals surface area contributed by atoms with Crippen molar-refractivity contribution < 1.29 is 9.47 Å². The molecule has 0 aromatic heterocycles. The molecule has 0 radical (unpaired) electrons. The van der Waals surface area contributed by atoms with Crippen LogP contribution in [0.2, 0.25) is 19.6 Å². The van der Waals surface area contributed by atoms with Crippen LogP contribution in [-0.2, 0) is 0 Å². The van der Waals surface area contributed by atoms with E-state index in [1.807, 2.05) is 36.4 Å². The molecule has 0 fully saturated rings. The topological polar surface area (TPSA) is 18.5 Å². The molecule has 0 spiro atoms. The van der Waals surface area contributed by atoms with Gasteiger partial charge in [-0.15, -0.1) is 5.54 Å². The van der Waals surface area contributed by atoms with Gasteiger partial charge in [0.2, 0.25) is 0 Å². The van der Waals surface area contributed by atoms with E-state index in [0.29, 0.717) is 13.2 Å². The van der Waals surface area contributed by atoms with Gasteiger partial charge in [0, 0.05) is 32.4 Å². The summed E-state index contributed by atoms with van der Waals surface area (Å²) >= 11 is 2.31. The molecular weight excluding hydrogens is 655 g/mol. The zero-order valence-corrected chi connectivity index (χ0v) is 29.7. The number of benzene rings is 3. The Labute approximate surface area is 275 Å². The van der Waals surface area contributed by atoms with E-state index >= 15 is 0 Å². The summed E-state index contributed by atoms with van der Waals surface area (Å²) in [6.45, 7) is 12.5. The van der Waals surface area contributed by atoms with Gasteiger partial charge >= 0.3 is 0 Å². The first-order valence-corrected chi connectivity index (χ1v) is 20.2. The van der Waals surface area contributed by atoms with Gasteiger partial charge in [0.25, 0.3) is 0 Å². The summed E-state index contributed by atoms with van der Waals surface area (Å²) in [4.78, 5) is 0. The number of rotatable bonds is 12. The predicted molar refractivity (Wildman–Crippen MR) is 194 cm³/mol. The number of halogens is 1. The lowest BCUT2D eigenvalue weighted by atomic mass is 10.1. The maximum atomic E-state index is 6.33. The van der Waals surface area contributed by atoms with Crippen LogP contribution in [0.1, 0.15) is 93.0 Å². The van der Waals surface area contributed by atoms with Crippen LogP contribution in [0.4, 0.5) is 0 Å². The van der Waals surface area contributed by atoms with E-state index in [-0.39, 0.29) is 0 Å². The lowest BCUT2D eigenvalue weighted by molar-refractivity contribution is 0.295. The molecule has 0 heterocycles. The summed E-state index contributed by atoms with van der Waals surface area (Å²) < 4.78 is 13.9. The summed E-state index contributed by atoms with van der Waals surface area (Å²) in [7, 11) is -1.42. The van der Waals surface area contributed by atoms with E-state index in [0.717, 1.165) is 65.0 Å². The molecule has 0 unspecified atom stereocenters. The van der Waals surface area contributed by atoms with Crippen LogP contribution in [0.3, 0.4) is 0 Å². The van der Waals surface area contributed by atoms with Crippen molar-refractivity contribution in [2.45, 2.75) is 84.9 Å². The Morgan fingerprint density at radius 1 is 0.558 bits per heavy atom. The third-order valence-corrected chi connectivity index (χ3v) is 8.18. The van der Waals surface area contributed by atoms with Crippen LogP contribution < -0.4 is 9.47 Å². The predicted octanol–water partition coefficient (Wildman–Crippen LogP) is 10.2. The van der Waals surface area contributed by atoms with Crippen molar-refractivity contribution in [3.8, 4) is 46.6 Å². The van der Waals surface area contributed by atoms with Crippen LogP contribution in [0, 0.1) is 38.7 Å². The van der Waals surface area contributed by atoms with Gasteiger partial charge in [-0.1, -0.05) is 102 Å². The average Bonchev–Trinajstić information content (AvgIpc) is 2.99. The average molecular weight is 701 g/mol. The standard InChI is InChI=1S/C39H45IO2Si/c1-6-8-10-12-27-41-38-31-36(23-19-33-20-24-37(40)25-21-33)39(42-28-13-11-9-7-2)30-35(38)22-18-32-14-16-34(17-15-32)26-29-43(3,4)5/h14-17,20-21,24-25,30-31H,6-13,27-28H2,1-5H3. The molecule has 43 heavy (non-hydrogen) atoms. The molecule has 0 saturated heterocycles. The molecule has 0 aliphatic carbocycles. The number of hydrogen-bond acceptors (Lipinski definition) is 2. The highest BCUT2D eigenvalue weighted by Crippen LogP contribution is 2.29. The Balaban J connectivity index is 1.96. The van der Waals surface area contributed by atoms with Gasteiger partial charge in [0.05, 0.1) is 24.3 Å². The number of unbranched alkanes of at least 4 members (excludes halogenated alkanes) is 6. The molecule has 224 valence electrons. The SMILES string of the molecule is CCCCCCOc1cc(C#Cc2ccc(C#C[Si](C)(C)C)cc2)c(OCCCCCC)cc1C#Cc1ccc(I)cc1. The third-order valence-electron chi connectivity index (χ3n) is 6.59. The van der Waals surface area contributed by atoms with Gasteiger partial charge in [-0.2, -0.15) is 0 Å². The highest BCUT2D eigenvalue weighted by Gasteiger charge is 2.11. The quantitative estimate of drug-likeness (QED) is 0.0811. The second-order valence-corrected chi connectivity index (χ2v) is 17.7. The zero-order chi connectivity index (χ0) is 30.9. The molecule has 0 amide bonds. The maximum Gasteiger partial charge on any atom is 0.136 e. The van der Waals surface area contributed by atoms with Gasteiger partial charge < -0.3 is 9.47 Å². The van der Waals surface area contributed by atoms with Gasteiger partial charge in [0.1, 0.15) is 19.6 Å². The summed E-state index contributed by atoms with van der Waals surface area (Å²) in [5.41, 5.74) is 8.02. The van der Waals surface area contributed by atoms with Gasteiger partial charge in [-0.05, 0) is 84.0 Å². The Kier molecular flexibility index (Phi) is 14.8. The minimum Gasteiger partial charge on any atom is -0.492 e. The van der Waals surface area contributed by atoms with Crippen LogP contribution >= 0.6 is 22.6 Å². The first-order chi connectivity index (χ1) is 20.8. The van der Waals surface area contributed by atoms with Crippen LogP contribution in [0.15, 0.2) is 60.7 Å². The third kappa shape index (κ3) is 13.4. The second-order valence-electron chi connectivity index (χ2n) is 11.7. The van der Waals surface area contributed by atoms with Crippen LogP contribution in [0.25, 0.3) is 0 Å². The Morgan fingerprint density at radius 3 is 1.40 bits per heavy atom. The first kappa shape index (κ1) is 34.4. The number of ether oxygens (including phenoxy) is 2. The van der Waals surface area contributed by atoms with Crippen molar-refractivity contribution >= 4 is 30.7 Å². The molecule has 2 nitrogen and oxygen atoms in total. The molecule has 0 aliphatic rings. The van der Waals surface area contributed by atoms with E-state index in [9.17, 15) is 0 Å². The fourth-order valence-corrected chi connectivity index (χ4v) is 5.00. The Hall–Kier alpha value is -3.11. The second kappa shape index (κ2) is 18.5. The van der Waals surface area contributed by atoms with Crippen LogP contribution in [0.5, 0.6) is 11.5 Å². The van der Waals surface area contributed by atoms with E-state index in [1.54, 1.807) is 0 Å². The highest BCUT2D eigenvalue weighted by molar-refractivity contribution is 14.1. The molecule has 0 bridgehead atoms. The minimum absolute atomic E-state index is 0.653. The van der Waals surface area contributed by atoms with E-state index in [4.69, 9.17) is 9.47 Å². The molecule has 0 atom stereocenters. The van der Waals surface area contributed by atoms with E-state index in [2.05, 4.69) is 115 Å². The van der Waals surface area contributed by atoms with Gasteiger partial charge in [0.15, 0.2) is 0 Å². The Bertz CT molecular complexity index is 1480. The van der Waals surface area contributed by atoms with Gasteiger partial charge in [-0.3, -0.25) is 0 Å². The monoisotopic (exact) mass is 700 g/mol. The van der Waals surface area contributed by atoms with Crippen LogP contribution in [-0.4, -0.2) is 21.3 Å². The molecule has 0 saturated carbocycles. The normalized spacial score (nSPS) is 10.5.